The Morgan fingerprint density at radius 3 is 2.90 bits per heavy atom. The summed E-state index contributed by atoms with van der Waals surface area (Å²) in [5, 5.41) is 4.72. The van der Waals surface area contributed by atoms with Crippen LogP contribution in [0, 0.1) is 5.92 Å². The highest BCUT2D eigenvalue weighted by Crippen LogP contribution is 2.39. The van der Waals surface area contributed by atoms with Gasteiger partial charge >= 0.3 is 0 Å². The third-order valence-electron chi connectivity index (χ3n) is 3.54. The standard InChI is InChI=1S/C16H23Cl2NO2/c1-11(2)3-6-20-8-5-19-15-4-7-21-16-13(15)9-12(17)10-14(16)18/h9-11,15,19H,3-8H2,1-2H3. The number of rotatable bonds is 7. The Morgan fingerprint density at radius 1 is 1.33 bits per heavy atom. The largest absolute Gasteiger partial charge is 0.492 e. The van der Waals surface area contributed by atoms with Crippen LogP contribution in [0.4, 0.5) is 0 Å². The lowest BCUT2D eigenvalue weighted by Crippen LogP contribution is -2.30. The fourth-order valence-electron chi connectivity index (χ4n) is 2.36. The molecule has 1 atom stereocenters. The van der Waals surface area contributed by atoms with Gasteiger partial charge in [0.1, 0.15) is 5.75 Å². The fraction of sp³-hybridized carbons (Fsp3) is 0.625. The number of nitrogens with one attached hydrogen (secondary N) is 1. The van der Waals surface area contributed by atoms with Crippen LogP contribution in [-0.4, -0.2) is 26.4 Å². The Hall–Kier alpha value is -0.480. The molecule has 3 nitrogen and oxygen atoms in total. The van der Waals surface area contributed by atoms with Gasteiger partial charge in [-0.2, -0.15) is 0 Å². The molecule has 1 heterocycles. The summed E-state index contributed by atoms with van der Waals surface area (Å²) in [4.78, 5) is 0. The van der Waals surface area contributed by atoms with Gasteiger partial charge in [-0.15, -0.1) is 0 Å². The van der Waals surface area contributed by atoms with Gasteiger partial charge in [-0.3, -0.25) is 0 Å². The van der Waals surface area contributed by atoms with Crippen LogP contribution in [0.15, 0.2) is 12.1 Å². The van der Waals surface area contributed by atoms with Crippen molar-refractivity contribution in [2.24, 2.45) is 5.92 Å². The van der Waals surface area contributed by atoms with Crippen molar-refractivity contribution in [3.63, 3.8) is 0 Å². The van der Waals surface area contributed by atoms with E-state index in [4.69, 9.17) is 32.7 Å². The lowest BCUT2D eigenvalue weighted by atomic mass is 10.0. The van der Waals surface area contributed by atoms with E-state index in [1.807, 2.05) is 6.07 Å². The van der Waals surface area contributed by atoms with E-state index in [-0.39, 0.29) is 6.04 Å². The van der Waals surface area contributed by atoms with E-state index < -0.39 is 0 Å². The molecular formula is C16H23Cl2NO2. The lowest BCUT2D eigenvalue weighted by molar-refractivity contribution is 0.121. The van der Waals surface area contributed by atoms with Crippen LogP contribution in [0.25, 0.3) is 0 Å². The van der Waals surface area contributed by atoms with E-state index in [1.165, 1.54) is 0 Å². The van der Waals surface area contributed by atoms with E-state index in [1.54, 1.807) is 6.07 Å². The first-order valence-corrected chi connectivity index (χ1v) is 8.26. The maximum atomic E-state index is 6.18. The summed E-state index contributed by atoms with van der Waals surface area (Å²) in [7, 11) is 0. The average molecular weight is 332 g/mol. The molecule has 0 radical (unpaired) electrons. The molecule has 1 aromatic carbocycles. The summed E-state index contributed by atoms with van der Waals surface area (Å²) in [6.07, 6.45) is 2.01. The van der Waals surface area contributed by atoms with Gasteiger partial charge in [-0.1, -0.05) is 37.0 Å². The minimum atomic E-state index is 0.221. The molecule has 0 fully saturated rings. The Kier molecular flexibility index (Phi) is 6.62. The van der Waals surface area contributed by atoms with Gasteiger partial charge in [0, 0.05) is 36.2 Å². The van der Waals surface area contributed by atoms with Crippen LogP contribution in [0.1, 0.15) is 38.3 Å². The van der Waals surface area contributed by atoms with Gasteiger partial charge in [-0.25, -0.2) is 0 Å². The first kappa shape index (κ1) is 16.9. The number of ether oxygens (including phenoxy) is 2. The van der Waals surface area contributed by atoms with Crippen LogP contribution >= 0.6 is 23.2 Å². The maximum absolute atomic E-state index is 6.18. The zero-order chi connectivity index (χ0) is 15.2. The third-order valence-corrected chi connectivity index (χ3v) is 4.04. The molecule has 0 saturated carbocycles. The van der Waals surface area contributed by atoms with Crippen molar-refractivity contribution in [3.05, 3.63) is 27.7 Å². The first-order valence-electron chi connectivity index (χ1n) is 7.50. The minimum absolute atomic E-state index is 0.221. The quantitative estimate of drug-likeness (QED) is 0.748. The van der Waals surface area contributed by atoms with Gasteiger partial charge in [0.2, 0.25) is 0 Å². The van der Waals surface area contributed by atoms with E-state index in [2.05, 4.69) is 19.2 Å². The summed E-state index contributed by atoms with van der Waals surface area (Å²) >= 11 is 12.3. The van der Waals surface area contributed by atoms with Crippen LogP contribution in [0.2, 0.25) is 10.0 Å². The molecule has 1 aliphatic heterocycles. The molecule has 118 valence electrons. The predicted molar refractivity (Wildman–Crippen MR) is 87.6 cm³/mol. The van der Waals surface area contributed by atoms with E-state index in [0.717, 1.165) is 37.3 Å². The van der Waals surface area contributed by atoms with Crippen LogP contribution < -0.4 is 10.1 Å². The van der Waals surface area contributed by atoms with Gasteiger partial charge in [-0.05, 0) is 24.5 Å². The lowest BCUT2D eigenvalue weighted by Gasteiger charge is -2.27. The second-order valence-electron chi connectivity index (χ2n) is 5.74. The molecule has 1 N–H and O–H groups in total. The molecule has 0 saturated heterocycles. The number of benzene rings is 1. The van der Waals surface area contributed by atoms with Crippen molar-refractivity contribution in [2.75, 3.05) is 26.4 Å². The Bertz CT molecular complexity index is 466. The fourth-order valence-corrected chi connectivity index (χ4v) is 2.93. The minimum Gasteiger partial charge on any atom is -0.492 e. The molecule has 0 spiro atoms. The van der Waals surface area contributed by atoms with Gasteiger partial charge in [0.25, 0.3) is 0 Å². The normalized spacial score (nSPS) is 17.7. The van der Waals surface area contributed by atoms with Crippen molar-refractivity contribution < 1.29 is 9.47 Å². The number of hydrogen-bond acceptors (Lipinski definition) is 3. The predicted octanol–water partition coefficient (Wildman–Crippen LogP) is 4.47. The van der Waals surface area contributed by atoms with Gasteiger partial charge in [0.05, 0.1) is 18.2 Å². The zero-order valence-electron chi connectivity index (χ0n) is 12.6. The number of fused-ring (bicyclic) bond motifs is 1. The summed E-state index contributed by atoms with van der Waals surface area (Å²) in [5.41, 5.74) is 1.04. The van der Waals surface area contributed by atoms with Crippen molar-refractivity contribution in [3.8, 4) is 5.75 Å². The van der Waals surface area contributed by atoms with Gasteiger partial charge in [0.15, 0.2) is 0 Å². The third kappa shape index (κ3) is 5.03. The van der Waals surface area contributed by atoms with Crippen molar-refractivity contribution in [1.29, 1.82) is 0 Å². The maximum Gasteiger partial charge on any atom is 0.142 e. The van der Waals surface area contributed by atoms with Crippen LogP contribution in [0.5, 0.6) is 5.75 Å². The average Bonchev–Trinajstić information content (AvgIpc) is 2.42. The molecule has 0 aromatic heterocycles. The molecular weight excluding hydrogens is 309 g/mol. The van der Waals surface area contributed by atoms with Crippen molar-refractivity contribution in [1.82, 2.24) is 5.32 Å². The Morgan fingerprint density at radius 2 is 2.14 bits per heavy atom. The summed E-state index contributed by atoms with van der Waals surface area (Å²) < 4.78 is 11.3. The van der Waals surface area contributed by atoms with Crippen LogP contribution in [-0.2, 0) is 4.74 Å². The second kappa shape index (κ2) is 8.23. The van der Waals surface area contributed by atoms with E-state index >= 15 is 0 Å². The second-order valence-corrected chi connectivity index (χ2v) is 6.59. The monoisotopic (exact) mass is 331 g/mol. The molecule has 21 heavy (non-hydrogen) atoms. The highest BCUT2D eigenvalue weighted by molar-refractivity contribution is 6.35. The SMILES string of the molecule is CC(C)CCOCCNC1CCOc2c(Cl)cc(Cl)cc21. The summed E-state index contributed by atoms with van der Waals surface area (Å²) in [5.74, 6) is 1.44. The van der Waals surface area contributed by atoms with Gasteiger partial charge < -0.3 is 14.8 Å². The number of hydrogen-bond donors (Lipinski definition) is 1. The highest BCUT2D eigenvalue weighted by atomic mass is 35.5. The first-order chi connectivity index (χ1) is 10.1. The molecule has 0 aliphatic carbocycles. The summed E-state index contributed by atoms with van der Waals surface area (Å²) in [6.45, 7) is 7.42. The number of halogens is 2. The Labute approximate surface area is 136 Å². The molecule has 0 amide bonds. The molecule has 1 unspecified atom stereocenters. The molecule has 5 heteroatoms. The Balaban J connectivity index is 1.83. The molecule has 1 aromatic rings. The van der Waals surface area contributed by atoms with E-state index in [0.29, 0.717) is 29.2 Å². The molecule has 1 aliphatic rings. The zero-order valence-corrected chi connectivity index (χ0v) is 14.1. The molecule has 2 rings (SSSR count). The van der Waals surface area contributed by atoms with Crippen molar-refractivity contribution >= 4 is 23.2 Å². The summed E-state index contributed by atoms with van der Waals surface area (Å²) in [6, 6.07) is 3.87. The smallest absolute Gasteiger partial charge is 0.142 e. The van der Waals surface area contributed by atoms with Crippen LogP contribution in [0.3, 0.4) is 0 Å². The highest BCUT2D eigenvalue weighted by Gasteiger charge is 2.23. The topological polar surface area (TPSA) is 30.5 Å². The molecule has 0 bridgehead atoms. The van der Waals surface area contributed by atoms with Crippen molar-refractivity contribution in [2.45, 2.75) is 32.7 Å². The van der Waals surface area contributed by atoms with E-state index in [9.17, 15) is 0 Å².